The molecule has 0 radical (unpaired) electrons. The number of aromatic amines is 1. The van der Waals surface area contributed by atoms with Gasteiger partial charge in [0.05, 0.1) is 12.5 Å². The van der Waals surface area contributed by atoms with E-state index in [9.17, 15) is 15.0 Å². The summed E-state index contributed by atoms with van der Waals surface area (Å²) in [5.41, 5.74) is 3.43. The molecule has 1 heterocycles. The van der Waals surface area contributed by atoms with Crippen LogP contribution in [0.3, 0.4) is 0 Å². The maximum absolute atomic E-state index is 12.5. The number of benzene rings is 2. The van der Waals surface area contributed by atoms with Crippen LogP contribution < -0.4 is 10.6 Å². The third kappa shape index (κ3) is 7.43. The molecule has 7 nitrogen and oxygen atoms in total. The number of nitrogens with zero attached hydrogens (tertiary/aromatic N) is 1. The van der Waals surface area contributed by atoms with Gasteiger partial charge in [-0.15, -0.1) is 0 Å². The number of H-pyrrole nitrogens is 1. The smallest absolute Gasteiger partial charge is 0.229 e. The number of hydrogen-bond donors (Lipinski definition) is 5. The number of carbonyl (C=O) groups excluding carboxylic acids is 1. The predicted molar refractivity (Wildman–Crippen MR) is 135 cm³/mol. The third-order valence-corrected chi connectivity index (χ3v) is 5.71. The molecule has 1 aromatic heterocycles. The van der Waals surface area contributed by atoms with Crippen LogP contribution in [0.5, 0.6) is 5.75 Å². The maximum atomic E-state index is 12.5. The van der Waals surface area contributed by atoms with Gasteiger partial charge >= 0.3 is 0 Å². The molecule has 0 fully saturated rings. The molecule has 1 amide bonds. The second kappa shape index (κ2) is 10.4. The monoisotopic (exact) mass is 464 g/mol. The molecule has 2 aromatic carbocycles. The second-order valence-corrected chi connectivity index (χ2v) is 10.5. The van der Waals surface area contributed by atoms with Crippen LogP contribution in [0.25, 0.3) is 0 Å². The summed E-state index contributed by atoms with van der Waals surface area (Å²) in [7, 11) is 0. The van der Waals surface area contributed by atoms with E-state index in [0.29, 0.717) is 12.4 Å². The summed E-state index contributed by atoms with van der Waals surface area (Å²) in [5.74, 6) is 0.596. The van der Waals surface area contributed by atoms with E-state index in [2.05, 4.69) is 55.4 Å². The highest BCUT2D eigenvalue weighted by atomic mass is 16.3. The number of aromatic nitrogens is 2. The van der Waals surface area contributed by atoms with Crippen molar-refractivity contribution in [2.75, 3.05) is 11.9 Å². The van der Waals surface area contributed by atoms with Crippen LogP contribution in [0.15, 0.2) is 54.6 Å². The minimum Gasteiger partial charge on any atom is -0.508 e. The van der Waals surface area contributed by atoms with Gasteiger partial charge in [0.25, 0.3) is 0 Å². The predicted octanol–water partition coefficient (Wildman–Crippen LogP) is 4.24. The zero-order valence-corrected chi connectivity index (χ0v) is 20.6. The Bertz CT molecular complexity index is 1100. The van der Waals surface area contributed by atoms with Crippen molar-refractivity contribution in [3.8, 4) is 5.75 Å². The van der Waals surface area contributed by atoms with E-state index in [1.807, 2.05) is 30.3 Å². The number of phenolic OH excluding ortho intramolecular Hbond substituents is 1. The molecule has 1 atom stereocenters. The summed E-state index contributed by atoms with van der Waals surface area (Å²) in [5, 5.41) is 33.3. The van der Waals surface area contributed by atoms with Crippen molar-refractivity contribution >= 4 is 11.7 Å². The molecule has 1 unspecified atom stereocenters. The van der Waals surface area contributed by atoms with Gasteiger partial charge in [0.15, 0.2) is 5.82 Å². The van der Waals surface area contributed by atoms with Crippen LogP contribution in [0, 0.1) is 0 Å². The zero-order valence-electron chi connectivity index (χ0n) is 20.6. The lowest BCUT2D eigenvalue weighted by Crippen LogP contribution is -2.43. The van der Waals surface area contributed by atoms with Gasteiger partial charge in [0, 0.05) is 29.3 Å². The minimum absolute atomic E-state index is 0.0642. The average molecular weight is 465 g/mol. The number of aromatic hydroxyl groups is 1. The van der Waals surface area contributed by atoms with E-state index in [0.717, 1.165) is 28.8 Å². The van der Waals surface area contributed by atoms with Crippen LogP contribution in [0.4, 0.5) is 5.82 Å². The normalized spacial score (nSPS) is 13.0. The number of anilines is 1. The molecule has 5 N–H and O–H groups in total. The molecule has 0 aliphatic rings. The molecule has 3 aromatic rings. The van der Waals surface area contributed by atoms with E-state index in [1.54, 1.807) is 24.3 Å². The number of carbonyl (C=O) groups is 1. The number of β-amino-alcohol motifs (C(OH)–C–C–N with tert-alkyl or cyclic N) is 1. The van der Waals surface area contributed by atoms with Gasteiger partial charge in [-0.1, -0.05) is 57.2 Å². The number of amides is 1. The summed E-state index contributed by atoms with van der Waals surface area (Å²) in [4.78, 5) is 12.5. The number of aliphatic hydroxyl groups is 1. The van der Waals surface area contributed by atoms with Crippen LogP contribution in [-0.4, -0.2) is 38.4 Å². The molecule has 0 saturated carbocycles. The van der Waals surface area contributed by atoms with E-state index in [-0.39, 0.29) is 29.0 Å². The van der Waals surface area contributed by atoms with Crippen LogP contribution >= 0.6 is 0 Å². The van der Waals surface area contributed by atoms with Crippen molar-refractivity contribution < 1.29 is 15.0 Å². The molecule has 0 aliphatic heterocycles. The third-order valence-electron chi connectivity index (χ3n) is 5.71. The highest BCUT2D eigenvalue weighted by molar-refractivity contribution is 5.91. The van der Waals surface area contributed by atoms with E-state index in [4.69, 9.17) is 0 Å². The Kier molecular flexibility index (Phi) is 7.79. The fourth-order valence-corrected chi connectivity index (χ4v) is 3.75. The summed E-state index contributed by atoms with van der Waals surface area (Å²) in [6, 6.07) is 16.5. The molecule has 34 heavy (non-hydrogen) atoms. The standard InChI is InChI=1S/C27H36N4O3/c1-26(2,3)23-15-24(31-30-23)29-25(34)14-18-7-6-8-19(13-18)16-27(4,5)28-17-22(33)20-9-11-21(32)12-10-20/h6-13,15,22,28,32-33H,14,16-17H2,1-5H3,(H2,29,30,31,34). The average Bonchev–Trinajstić information content (AvgIpc) is 3.21. The quantitative estimate of drug-likeness (QED) is 0.325. The topological polar surface area (TPSA) is 110 Å². The molecule has 182 valence electrons. The van der Waals surface area contributed by atoms with Gasteiger partial charge in [0.1, 0.15) is 5.75 Å². The van der Waals surface area contributed by atoms with Gasteiger partial charge < -0.3 is 20.8 Å². The van der Waals surface area contributed by atoms with Gasteiger partial charge in [-0.3, -0.25) is 9.89 Å². The number of hydrogen-bond acceptors (Lipinski definition) is 5. The van der Waals surface area contributed by atoms with Crippen LogP contribution in [0.1, 0.15) is 63.1 Å². The van der Waals surface area contributed by atoms with Crippen molar-refractivity contribution in [1.29, 1.82) is 0 Å². The highest BCUT2D eigenvalue weighted by Crippen LogP contribution is 2.22. The SMILES string of the molecule is CC(C)(Cc1cccc(CC(=O)Nc2cc(C(C)(C)C)[nH]n2)c1)NCC(O)c1ccc(O)cc1. The zero-order chi connectivity index (χ0) is 24.9. The largest absolute Gasteiger partial charge is 0.508 e. The summed E-state index contributed by atoms with van der Waals surface area (Å²) in [6.45, 7) is 10.8. The second-order valence-electron chi connectivity index (χ2n) is 10.5. The minimum atomic E-state index is -0.671. The lowest BCUT2D eigenvalue weighted by atomic mass is 9.92. The Hall–Kier alpha value is -3.16. The van der Waals surface area contributed by atoms with Crippen molar-refractivity contribution in [2.45, 2.75) is 64.5 Å². The molecular formula is C27H36N4O3. The van der Waals surface area contributed by atoms with E-state index in [1.165, 1.54) is 0 Å². The van der Waals surface area contributed by atoms with Crippen molar-refractivity contribution in [3.05, 3.63) is 77.0 Å². The Morgan fingerprint density at radius 1 is 1.03 bits per heavy atom. The van der Waals surface area contributed by atoms with Crippen molar-refractivity contribution in [2.24, 2.45) is 0 Å². The van der Waals surface area contributed by atoms with Crippen molar-refractivity contribution in [3.63, 3.8) is 0 Å². The van der Waals surface area contributed by atoms with Crippen molar-refractivity contribution in [1.82, 2.24) is 15.5 Å². The molecule has 0 aliphatic carbocycles. The van der Waals surface area contributed by atoms with Gasteiger partial charge in [-0.25, -0.2) is 0 Å². The lowest BCUT2D eigenvalue weighted by Gasteiger charge is -2.28. The van der Waals surface area contributed by atoms with Gasteiger partial charge in [-0.05, 0) is 49.1 Å². The van der Waals surface area contributed by atoms with E-state index < -0.39 is 6.10 Å². The number of aliphatic hydroxyl groups excluding tert-OH is 1. The molecule has 0 saturated heterocycles. The highest BCUT2D eigenvalue weighted by Gasteiger charge is 2.21. The Balaban J connectivity index is 1.55. The Morgan fingerprint density at radius 3 is 2.35 bits per heavy atom. The fraction of sp³-hybridized carbons (Fsp3) is 0.407. The number of nitrogens with one attached hydrogen (secondary N) is 3. The first kappa shape index (κ1) is 25.5. The molecule has 7 heteroatoms. The molecular weight excluding hydrogens is 428 g/mol. The first-order valence-electron chi connectivity index (χ1n) is 11.6. The Morgan fingerprint density at radius 2 is 1.71 bits per heavy atom. The number of phenols is 1. The fourth-order valence-electron chi connectivity index (χ4n) is 3.75. The van der Waals surface area contributed by atoms with Crippen LogP contribution in [-0.2, 0) is 23.1 Å². The van der Waals surface area contributed by atoms with Crippen LogP contribution in [0.2, 0.25) is 0 Å². The van der Waals surface area contributed by atoms with Gasteiger partial charge in [-0.2, -0.15) is 5.10 Å². The maximum Gasteiger partial charge on any atom is 0.229 e. The number of rotatable bonds is 9. The van der Waals surface area contributed by atoms with E-state index >= 15 is 0 Å². The Labute approximate surface area is 201 Å². The molecule has 0 bridgehead atoms. The van der Waals surface area contributed by atoms with Gasteiger partial charge in [0.2, 0.25) is 5.91 Å². The first-order valence-corrected chi connectivity index (χ1v) is 11.6. The molecule has 0 spiro atoms. The molecule has 3 rings (SSSR count). The summed E-state index contributed by atoms with van der Waals surface area (Å²) in [6.07, 6.45) is 0.327. The first-order chi connectivity index (χ1) is 15.9. The summed E-state index contributed by atoms with van der Waals surface area (Å²) < 4.78 is 0. The summed E-state index contributed by atoms with van der Waals surface area (Å²) >= 11 is 0. The lowest BCUT2D eigenvalue weighted by molar-refractivity contribution is -0.115.